The molecule has 0 spiro atoms. The molecular weight excluding hydrogens is 949 g/mol. The molecule has 1 aliphatic heterocycles. The number of unbranched alkanes of at least 4 members (excludes halogenated alkanes) is 15. The van der Waals surface area contributed by atoms with Crippen molar-refractivity contribution in [2.45, 2.75) is 250 Å². The third kappa shape index (κ3) is 40.3. The maximum atomic E-state index is 13.1. The molecule has 0 aliphatic carbocycles. The van der Waals surface area contributed by atoms with Crippen LogP contribution < -0.4 is 0 Å². The number of rotatable bonds is 47. The number of aliphatic carboxylic acids is 1. The van der Waals surface area contributed by atoms with Gasteiger partial charge in [-0.3, -0.25) is 14.4 Å². The highest BCUT2D eigenvalue weighted by atomic mass is 16.7. The molecule has 1 aliphatic rings. The highest BCUT2D eigenvalue weighted by Gasteiger charge is 2.50. The maximum absolute atomic E-state index is 13.1. The van der Waals surface area contributed by atoms with Crippen molar-refractivity contribution >= 4 is 23.9 Å². The number of esters is 3. The van der Waals surface area contributed by atoms with Gasteiger partial charge in [0.1, 0.15) is 18.8 Å². The van der Waals surface area contributed by atoms with Crippen LogP contribution in [0.5, 0.6) is 0 Å². The van der Waals surface area contributed by atoms with E-state index in [1.165, 1.54) is 19.3 Å². The van der Waals surface area contributed by atoms with Gasteiger partial charge in [0.05, 0.1) is 6.61 Å². The molecule has 0 radical (unpaired) electrons. The van der Waals surface area contributed by atoms with E-state index in [-0.39, 0.29) is 25.9 Å². The second-order valence-electron chi connectivity index (χ2n) is 19.2. The van der Waals surface area contributed by atoms with E-state index in [1.54, 1.807) is 0 Å². The van der Waals surface area contributed by atoms with Crippen LogP contribution in [0, 0.1) is 0 Å². The second kappa shape index (κ2) is 50.2. The van der Waals surface area contributed by atoms with E-state index in [2.05, 4.69) is 130 Å². The molecule has 0 bridgehead atoms. The third-order valence-corrected chi connectivity index (χ3v) is 12.3. The fraction of sp³-hybridized carbons (Fsp3) is 0.651. The summed E-state index contributed by atoms with van der Waals surface area (Å²) >= 11 is 0. The molecule has 6 unspecified atom stereocenters. The van der Waals surface area contributed by atoms with Crippen molar-refractivity contribution in [3.8, 4) is 0 Å². The molecule has 75 heavy (non-hydrogen) atoms. The zero-order valence-electron chi connectivity index (χ0n) is 46.5. The number of carboxylic acid groups (broad SMARTS) is 1. The number of carboxylic acids is 1. The molecule has 6 atom stereocenters. The predicted octanol–water partition coefficient (Wildman–Crippen LogP) is 14.7. The zero-order valence-corrected chi connectivity index (χ0v) is 46.5. The van der Waals surface area contributed by atoms with Crippen LogP contribution in [0.15, 0.2) is 109 Å². The topological polar surface area (TPSA) is 175 Å². The molecule has 1 saturated heterocycles. The van der Waals surface area contributed by atoms with Gasteiger partial charge in [-0.1, -0.05) is 182 Å². The lowest BCUT2D eigenvalue weighted by molar-refractivity contribution is -0.301. The Bertz CT molecular complexity index is 1720. The summed E-state index contributed by atoms with van der Waals surface area (Å²) in [5.74, 6) is -3.23. The smallest absolute Gasteiger partial charge is 0.335 e. The van der Waals surface area contributed by atoms with Crippen molar-refractivity contribution in [3.63, 3.8) is 0 Å². The lowest BCUT2D eigenvalue weighted by Crippen LogP contribution is -2.61. The monoisotopic (exact) mass is 1050 g/mol. The summed E-state index contributed by atoms with van der Waals surface area (Å²) in [4.78, 5) is 51.1. The number of hydrogen-bond acceptors (Lipinski definition) is 11. The maximum Gasteiger partial charge on any atom is 0.335 e. The average molecular weight is 1050 g/mol. The molecule has 1 heterocycles. The van der Waals surface area contributed by atoms with Crippen LogP contribution in [0.4, 0.5) is 0 Å². The minimum Gasteiger partial charge on any atom is -0.479 e. The first-order chi connectivity index (χ1) is 36.6. The van der Waals surface area contributed by atoms with Crippen LogP contribution in [0.1, 0.15) is 213 Å². The van der Waals surface area contributed by atoms with Gasteiger partial charge in [-0.05, 0) is 122 Å². The number of carbonyl (C=O) groups excluding carboxylic acids is 3. The molecule has 424 valence electrons. The summed E-state index contributed by atoms with van der Waals surface area (Å²) in [5, 5.41) is 31.4. The van der Waals surface area contributed by atoms with Crippen LogP contribution in [0.3, 0.4) is 0 Å². The van der Waals surface area contributed by atoms with Gasteiger partial charge in [0, 0.05) is 19.3 Å². The molecule has 3 N–H and O–H groups in total. The lowest BCUT2D eigenvalue weighted by Gasteiger charge is -2.40. The Hall–Kier alpha value is -4.62. The third-order valence-electron chi connectivity index (χ3n) is 12.3. The van der Waals surface area contributed by atoms with E-state index < -0.39 is 67.3 Å². The quantitative estimate of drug-likeness (QED) is 0.0228. The number of ether oxygens (including phenoxy) is 5. The Morgan fingerprint density at radius 2 is 0.840 bits per heavy atom. The molecular formula is C63H100O12. The minimum absolute atomic E-state index is 0.000562. The largest absolute Gasteiger partial charge is 0.479 e. The van der Waals surface area contributed by atoms with Crippen molar-refractivity contribution in [2.24, 2.45) is 0 Å². The number of allylic oxidation sites excluding steroid dienone is 18. The van der Waals surface area contributed by atoms with Crippen LogP contribution >= 0.6 is 0 Å². The highest BCUT2D eigenvalue weighted by Crippen LogP contribution is 2.26. The summed E-state index contributed by atoms with van der Waals surface area (Å²) in [5.41, 5.74) is 0. The molecule has 0 aromatic carbocycles. The van der Waals surface area contributed by atoms with Gasteiger partial charge in [0.15, 0.2) is 24.6 Å². The molecule has 12 heteroatoms. The van der Waals surface area contributed by atoms with Crippen molar-refractivity contribution in [2.75, 3.05) is 13.2 Å². The number of carbonyl (C=O) groups is 4. The van der Waals surface area contributed by atoms with Crippen LogP contribution in [0.25, 0.3) is 0 Å². The van der Waals surface area contributed by atoms with Gasteiger partial charge in [0.2, 0.25) is 0 Å². The Labute approximate surface area is 453 Å². The highest BCUT2D eigenvalue weighted by molar-refractivity contribution is 5.74. The van der Waals surface area contributed by atoms with Gasteiger partial charge in [-0.15, -0.1) is 0 Å². The number of aliphatic hydroxyl groups is 2. The summed E-state index contributed by atoms with van der Waals surface area (Å²) in [6.07, 6.45) is 54.9. The fourth-order valence-corrected chi connectivity index (χ4v) is 7.93. The van der Waals surface area contributed by atoms with Crippen molar-refractivity contribution < 1.29 is 58.2 Å². The lowest BCUT2D eigenvalue weighted by atomic mass is 9.98. The summed E-state index contributed by atoms with van der Waals surface area (Å²) in [7, 11) is 0. The van der Waals surface area contributed by atoms with Gasteiger partial charge in [0.25, 0.3) is 0 Å². The predicted molar refractivity (Wildman–Crippen MR) is 303 cm³/mol. The van der Waals surface area contributed by atoms with E-state index in [0.29, 0.717) is 25.7 Å². The molecule has 1 rings (SSSR count). The van der Waals surface area contributed by atoms with Crippen LogP contribution in [-0.4, -0.2) is 89.2 Å². The van der Waals surface area contributed by atoms with Crippen molar-refractivity contribution in [1.29, 1.82) is 0 Å². The summed E-state index contributed by atoms with van der Waals surface area (Å²) in [6.45, 7) is 5.68. The second-order valence-corrected chi connectivity index (χ2v) is 19.2. The Morgan fingerprint density at radius 1 is 0.453 bits per heavy atom. The standard InChI is InChI=1S/C63H100O12/c1-4-7-10-13-16-19-22-25-28-31-34-37-40-43-46-49-55(64)71-52-54(73-56(65)50-47-44-41-38-35-32-29-26-23-20-17-14-11-8-5-2)53-72-63-61(59(68)58(67)60(75-63)62(69)70)74-57(66)51-48-45-42-39-36-33-30-27-24-21-18-15-12-9-6-3/h7,9-10,12,16-21,25-30,36,39,54,58-61,63,67-68H,4-6,8,11,13-15,22-24,31-35,37-38,40-53H2,1-3H3,(H,69,70)/b10-7-,12-9-,19-16-,20-17-,21-18-,28-25-,29-26-,30-27-,39-36-. The SMILES string of the molecule is CC/C=C\C/C=C\C/C=C\C/C=C\CCCCC(=O)OC1C(OCC(COC(=O)CCCCCCC/C=C\C/C=C\C/C=C\CC)OC(=O)CCCCCCC/C=C\C/C=C\CCCCC)OC(C(=O)O)C(O)C1O. The van der Waals surface area contributed by atoms with E-state index >= 15 is 0 Å². The molecule has 1 fully saturated rings. The molecule has 0 aromatic heterocycles. The van der Waals surface area contributed by atoms with Crippen molar-refractivity contribution in [1.82, 2.24) is 0 Å². The Kier molecular flexibility index (Phi) is 45.8. The van der Waals surface area contributed by atoms with E-state index in [0.717, 1.165) is 128 Å². The number of hydrogen-bond donors (Lipinski definition) is 3. The van der Waals surface area contributed by atoms with Crippen molar-refractivity contribution in [3.05, 3.63) is 109 Å². The van der Waals surface area contributed by atoms with Gasteiger partial charge >= 0.3 is 23.9 Å². The first-order valence-electron chi connectivity index (χ1n) is 28.9. The fourth-order valence-electron chi connectivity index (χ4n) is 7.93. The zero-order chi connectivity index (χ0) is 54.7. The molecule has 12 nitrogen and oxygen atoms in total. The van der Waals surface area contributed by atoms with Gasteiger partial charge in [-0.2, -0.15) is 0 Å². The number of aliphatic hydroxyl groups excluding tert-OH is 2. The van der Waals surface area contributed by atoms with E-state index in [1.807, 2.05) is 0 Å². The van der Waals surface area contributed by atoms with Crippen LogP contribution in [0.2, 0.25) is 0 Å². The molecule has 0 aromatic rings. The molecule has 0 saturated carbocycles. The minimum atomic E-state index is -1.93. The van der Waals surface area contributed by atoms with E-state index in [4.69, 9.17) is 23.7 Å². The first kappa shape index (κ1) is 68.4. The normalized spacial score (nSPS) is 19.0. The van der Waals surface area contributed by atoms with Crippen LogP contribution in [-0.2, 0) is 42.9 Å². The summed E-state index contributed by atoms with van der Waals surface area (Å²) in [6, 6.07) is 0. The average Bonchev–Trinajstić information content (AvgIpc) is 3.39. The summed E-state index contributed by atoms with van der Waals surface area (Å²) < 4.78 is 28.3. The first-order valence-corrected chi connectivity index (χ1v) is 28.9. The Morgan fingerprint density at radius 3 is 1.31 bits per heavy atom. The van der Waals surface area contributed by atoms with E-state index in [9.17, 15) is 34.5 Å². The molecule has 0 amide bonds. The Balaban J connectivity index is 2.76. The van der Waals surface area contributed by atoms with Gasteiger partial charge < -0.3 is 39.0 Å². The van der Waals surface area contributed by atoms with Gasteiger partial charge in [-0.25, -0.2) is 4.79 Å².